The number of hydrogen-bond acceptors (Lipinski definition) is 7. The van der Waals surface area contributed by atoms with Gasteiger partial charge >= 0.3 is 6.09 Å². The van der Waals surface area contributed by atoms with E-state index in [1.165, 1.54) is 0 Å². The van der Waals surface area contributed by atoms with Gasteiger partial charge in [0.2, 0.25) is 11.8 Å². The Morgan fingerprint density at radius 1 is 1.11 bits per heavy atom. The second-order valence-corrected chi connectivity index (χ2v) is 13.7. The van der Waals surface area contributed by atoms with Gasteiger partial charge in [0.1, 0.15) is 17.7 Å². The van der Waals surface area contributed by atoms with E-state index in [4.69, 9.17) is 9.47 Å². The molecule has 1 aliphatic carbocycles. The lowest BCUT2D eigenvalue weighted by Crippen LogP contribution is -2.52. The molecule has 4 aliphatic heterocycles. The summed E-state index contributed by atoms with van der Waals surface area (Å²) in [4.78, 5) is 65.8. The first-order valence-corrected chi connectivity index (χ1v) is 15.6. The number of benzene rings is 1. The van der Waals surface area contributed by atoms with Crippen molar-refractivity contribution < 1.29 is 33.4 Å². The molecule has 3 saturated heterocycles. The van der Waals surface area contributed by atoms with E-state index < -0.39 is 29.7 Å². The van der Waals surface area contributed by atoms with Crippen LogP contribution in [0.1, 0.15) is 87.2 Å². The van der Waals surface area contributed by atoms with Gasteiger partial charge in [-0.3, -0.25) is 24.5 Å². The van der Waals surface area contributed by atoms with E-state index in [0.717, 1.165) is 30.4 Å². The van der Waals surface area contributed by atoms with Crippen molar-refractivity contribution in [2.24, 2.45) is 11.3 Å². The van der Waals surface area contributed by atoms with Crippen molar-refractivity contribution in [3.63, 3.8) is 0 Å². The molecule has 0 bridgehead atoms. The van der Waals surface area contributed by atoms with Crippen LogP contribution in [0.25, 0.3) is 0 Å². The van der Waals surface area contributed by atoms with Crippen molar-refractivity contribution in [3.8, 4) is 11.8 Å². The Morgan fingerprint density at radius 2 is 1.89 bits per heavy atom. The van der Waals surface area contributed by atoms with Gasteiger partial charge < -0.3 is 24.6 Å². The molecule has 5 amide bonds. The summed E-state index contributed by atoms with van der Waals surface area (Å²) in [6.45, 7) is 7.38. The first-order chi connectivity index (χ1) is 20.9. The molecule has 234 valence electrons. The summed E-state index contributed by atoms with van der Waals surface area (Å²) in [6.07, 6.45) is 3.58. The molecule has 4 heterocycles. The number of carbonyl (C=O) groups excluding carboxylic acids is 5. The van der Waals surface area contributed by atoms with Gasteiger partial charge in [-0.2, -0.15) is 0 Å². The lowest BCUT2D eigenvalue weighted by molar-refractivity contribution is -0.149. The van der Waals surface area contributed by atoms with Crippen molar-refractivity contribution in [3.05, 3.63) is 34.9 Å². The minimum Gasteiger partial charge on any atom is -0.444 e. The number of alkyl carbamates (subject to hydrolysis) is 1. The lowest BCUT2D eigenvalue weighted by Gasteiger charge is -2.36. The number of amides is 5. The van der Waals surface area contributed by atoms with E-state index in [0.29, 0.717) is 44.5 Å². The van der Waals surface area contributed by atoms with E-state index >= 15 is 0 Å². The van der Waals surface area contributed by atoms with E-state index in [2.05, 4.69) is 22.5 Å². The fourth-order valence-electron chi connectivity index (χ4n) is 6.88. The maximum Gasteiger partial charge on any atom is 0.407 e. The van der Waals surface area contributed by atoms with Crippen LogP contribution in [0.15, 0.2) is 18.2 Å². The first kappa shape index (κ1) is 30.1. The highest BCUT2D eigenvalue weighted by atomic mass is 16.6. The van der Waals surface area contributed by atoms with Gasteiger partial charge in [0, 0.05) is 43.1 Å². The minimum absolute atomic E-state index is 0.0175. The van der Waals surface area contributed by atoms with Crippen LogP contribution >= 0.6 is 0 Å². The van der Waals surface area contributed by atoms with Crippen LogP contribution in [0.2, 0.25) is 0 Å². The Morgan fingerprint density at radius 3 is 2.57 bits per heavy atom. The van der Waals surface area contributed by atoms with E-state index in [9.17, 15) is 24.0 Å². The highest BCUT2D eigenvalue weighted by Gasteiger charge is 2.55. The molecule has 11 nitrogen and oxygen atoms in total. The lowest BCUT2D eigenvalue weighted by atomic mass is 9.90. The molecule has 4 atom stereocenters. The summed E-state index contributed by atoms with van der Waals surface area (Å²) in [7, 11) is 0. The number of nitrogens with one attached hydrogen (secondary N) is 2. The summed E-state index contributed by atoms with van der Waals surface area (Å²) in [6, 6.07) is 4.69. The number of imide groups is 1. The minimum atomic E-state index is -0.651. The van der Waals surface area contributed by atoms with Crippen LogP contribution in [-0.2, 0) is 30.4 Å². The molecule has 5 aliphatic rings. The molecule has 1 saturated carbocycles. The number of rotatable bonds is 3. The Labute approximate surface area is 257 Å². The number of fused-ring (bicyclic) bond motifs is 1. The zero-order valence-electron chi connectivity index (χ0n) is 25.6. The summed E-state index contributed by atoms with van der Waals surface area (Å²) in [5.74, 6) is 6.12. The van der Waals surface area contributed by atoms with Gasteiger partial charge in [-0.25, -0.2) is 4.79 Å². The second-order valence-electron chi connectivity index (χ2n) is 13.7. The monoisotopic (exact) mass is 604 g/mol. The zero-order valence-corrected chi connectivity index (χ0v) is 25.6. The van der Waals surface area contributed by atoms with Gasteiger partial charge in [-0.05, 0) is 82.4 Å². The van der Waals surface area contributed by atoms with Gasteiger partial charge in [-0.1, -0.05) is 17.9 Å². The number of carbonyl (C=O) groups is 5. The van der Waals surface area contributed by atoms with E-state index in [1.54, 1.807) is 11.0 Å². The fourth-order valence-corrected chi connectivity index (χ4v) is 6.88. The van der Waals surface area contributed by atoms with Gasteiger partial charge in [0.25, 0.3) is 11.8 Å². The molecular formula is C33H40N4O7. The standard InChI is InChI=1S/C33H40N4O7/c1-32(2,3)44-31(42)34-22-9-11-26(43-19-22)30(41)36-15-13-33(14-16-36)17-21(33)8-7-20-5-4-6-23-24(20)18-37(29(23)40)25-10-12-27(38)35-28(25)39/h4-6,21-22,25-26H,9-19H2,1-3H3,(H,34,42)(H,35,38,39)/t21-,22+,25?,26-/m0/s1. The van der Waals surface area contributed by atoms with Gasteiger partial charge in [0.05, 0.1) is 12.6 Å². The van der Waals surface area contributed by atoms with E-state index in [1.807, 2.05) is 37.8 Å². The fraction of sp³-hybridized carbons (Fsp3) is 0.606. The van der Waals surface area contributed by atoms with Crippen LogP contribution in [0.3, 0.4) is 0 Å². The third-order valence-corrected chi connectivity index (χ3v) is 9.50. The summed E-state index contributed by atoms with van der Waals surface area (Å²) in [5, 5.41) is 5.17. The molecule has 4 fully saturated rings. The molecule has 1 spiro atoms. The quantitative estimate of drug-likeness (QED) is 0.400. The molecule has 11 heteroatoms. The molecule has 1 aromatic rings. The van der Waals surface area contributed by atoms with Crippen LogP contribution in [-0.4, -0.2) is 83.0 Å². The van der Waals surface area contributed by atoms with Crippen LogP contribution in [0.5, 0.6) is 0 Å². The predicted octanol–water partition coefficient (Wildman–Crippen LogP) is 2.50. The molecular weight excluding hydrogens is 564 g/mol. The Kier molecular flexibility index (Phi) is 7.91. The molecule has 2 N–H and O–H groups in total. The van der Waals surface area contributed by atoms with Crippen molar-refractivity contribution in [2.45, 2.75) is 96.1 Å². The smallest absolute Gasteiger partial charge is 0.407 e. The number of likely N-dealkylation sites (tertiary alicyclic amines) is 1. The predicted molar refractivity (Wildman–Crippen MR) is 158 cm³/mol. The van der Waals surface area contributed by atoms with Crippen LogP contribution in [0.4, 0.5) is 4.79 Å². The van der Waals surface area contributed by atoms with E-state index in [-0.39, 0.29) is 48.1 Å². The highest BCUT2D eigenvalue weighted by molar-refractivity contribution is 6.05. The summed E-state index contributed by atoms with van der Waals surface area (Å²) in [5.41, 5.74) is 1.75. The Balaban J connectivity index is 0.997. The van der Waals surface area contributed by atoms with Crippen molar-refractivity contribution in [1.82, 2.24) is 20.4 Å². The van der Waals surface area contributed by atoms with Gasteiger partial charge in [-0.15, -0.1) is 0 Å². The molecule has 1 aromatic carbocycles. The molecule has 6 rings (SSSR count). The summed E-state index contributed by atoms with van der Waals surface area (Å²) >= 11 is 0. The average Bonchev–Trinajstić information content (AvgIpc) is 3.53. The maximum absolute atomic E-state index is 13.2. The highest BCUT2D eigenvalue weighted by Crippen LogP contribution is 2.59. The number of piperidine rings is 2. The number of hydrogen-bond donors (Lipinski definition) is 2. The molecule has 1 unspecified atom stereocenters. The van der Waals surface area contributed by atoms with Crippen molar-refractivity contribution in [2.75, 3.05) is 19.7 Å². The average molecular weight is 605 g/mol. The molecule has 0 aromatic heterocycles. The number of ether oxygens (including phenoxy) is 2. The molecule has 0 radical (unpaired) electrons. The second kappa shape index (κ2) is 11.5. The normalized spacial score (nSPS) is 27.7. The van der Waals surface area contributed by atoms with Crippen molar-refractivity contribution >= 4 is 29.7 Å². The third-order valence-electron chi connectivity index (χ3n) is 9.50. The Hall–Kier alpha value is -3.91. The first-order valence-electron chi connectivity index (χ1n) is 15.6. The topological polar surface area (TPSA) is 134 Å². The SMILES string of the molecule is CC(C)(C)OC(=O)N[C@@H]1CC[C@@H](C(=O)N2CCC3(CC2)C[C@@H]3C#Cc2cccc3c2CN(C2CCC(=O)NC2=O)C3=O)OC1. The maximum atomic E-state index is 13.2. The zero-order chi connectivity index (χ0) is 31.2. The van der Waals surface area contributed by atoms with Crippen LogP contribution in [0, 0.1) is 23.2 Å². The third kappa shape index (κ3) is 6.18. The summed E-state index contributed by atoms with van der Waals surface area (Å²) < 4.78 is 11.2. The number of nitrogens with zero attached hydrogens (tertiary/aromatic N) is 2. The largest absolute Gasteiger partial charge is 0.444 e. The van der Waals surface area contributed by atoms with Crippen molar-refractivity contribution in [1.29, 1.82) is 0 Å². The molecule has 44 heavy (non-hydrogen) atoms. The van der Waals surface area contributed by atoms with Crippen LogP contribution < -0.4 is 10.6 Å². The Bertz CT molecular complexity index is 1440. The van der Waals surface area contributed by atoms with Gasteiger partial charge in [0.15, 0.2) is 0 Å².